The van der Waals surface area contributed by atoms with Crippen LogP contribution in [0.25, 0.3) is 0 Å². The lowest BCUT2D eigenvalue weighted by atomic mass is 9.87. The highest BCUT2D eigenvalue weighted by Gasteiger charge is 2.43. The van der Waals surface area contributed by atoms with Crippen molar-refractivity contribution in [3.8, 4) is 0 Å². The second kappa shape index (κ2) is 7.28. The third-order valence-electron chi connectivity index (χ3n) is 5.68. The number of likely N-dealkylation sites (tertiary alicyclic amines) is 1. The number of hydrogen-bond donors (Lipinski definition) is 0. The molecule has 4 rings (SSSR count). The van der Waals surface area contributed by atoms with E-state index in [-0.39, 0.29) is 5.60 Å². The zero-order chi connectivity index (χ0) is 17.1. The number of aromatic nitrogens is 1. The van der Waals surface area contributed by atoms with Crippen LogP contribution in [0.3, 0.4) is 0 Å². The topological polar surface area (TPSA) is 41.7 Å². The van der Waals surface area contributed by atoms with Gasteiger partial charge in [0.25, 0.3) is 0 Å². The predicted molar refractivity (Wildman–Crippen MR) is 96.0 cm³/mol. The Morgan fingerprint density at radius 3 is 2.84 bits per heavy atom. The maximum atomic E-state index is 6.32. The van der Waals surface area contributed by atoms with Gasteiger partial charge in [-0.2, -0.15) is 0 Å². The molecule has 0 aliphatic carbocycles. The average Bonchev–Trinajstić information content (AvgIpc) is 3.29. The Morgan fingerprint density at radius 1 is 1.24 bits per heavy atom. The van der Waals surface area contributed by atoms with Gasteiger partial charge in [-0.3, -0.25) is 14.8 Å². The lowest BCUT2D eigenvalue weighted by molar-refractivity contribution is -0.0454. The van der Waals surface area contributed by atoms with E-state index in [0.717, 1.165) is 63.5 Å². The SMILES string of the molecule is CN(Cc1ccco1)C1COC2(CCN(Cc3ccccn3)CC2)C1. The van der Waals surface area contributed by atoms with Crippen molar-refractivity contribution in [2.75, 3.05) is 26.7 Å². The average molecular weight is 341 g/mol. The van der Waals surface area contributed by atoms with Gasteiger partial charge in [0.15, 0.2) is 0 Å². The van der Waals surface area contributed by atoms with Crippen molar-refractivity contribution in [1.29, 1.82) is 0 Å². The number of piperidine rings is 1. The summed E-state index contributed by atoms with van der Waals surface area (Å²) in [7, 11) is 2.17. The molecule has 0 amide bonds. The third-order valence-corrected chi connectivity index (χ3v) is 5.68. The van der Waals surface area contributed by atoms with E-state index in [1.54, 1.807) is 6.26 Å². The molecule has 1 atom stereocenters. The Morgan fingerprint density at radius 2 is 2.12 bits per heavy atom. The normalized spacial score (nSPS) is 23.5. The molecule has 2 aliphatic heterocycles. The molecule has 1 unspecified atom stereocenters. The first-order valence-corrected chi connectivity index (χ1v) is 9.21. The Hall–Kier alpha value is -1.69. The molecule has 2 aromatic heterocycles. The van der Waals surface area contributed by atoms with Crippen LogP contribution in [0.15, 0.2) is 47.2 Å². The summed E-state index contributed by atoms with van der Waals surface area (Å²) in [5, 5.41) is 0. The molecule has 2 saturated heterocycles. The van der Waals surface area contributed by atoms with Crippen molar-refractivity contribution >= 4 is 0 Å². The lowest BCUT2D eigenvalue weighted by Gasteiger charge is -2.38. The van der Waals surface area contributed by atoms with Gasteiger partial charge in [0.05, 0.1) is 30.7 Å². The lowest BCUT2D eigenvalue weighted by Crippen LogP contribution is -2.44. The van der Waals surface area contributed by atoms with Crippen LogP contribution < -0.4 is 0 Å². The van der Waals surface area contributed by atoms with Gasteiger partial charge < -0.3 is 9.15 Å². The standard InChI is InChI=1S/C20H27N3O2/c1-22(15-19-6-4-12-24-19)18-13-20(25-16-18)7-10-23(11-8-20)14-17-5-2-3-9-21-17/h2-6,9,12,18H,7-8,10-11,13-16H2,1H3. The molecule has 4 heterocycles. The Balaban J connectivity index is 1.28. The van der Waals surface area contributed by atoms with E-state index in [1.807, 2.05) is 24.4 Å². The maximum absolute atomic E-state index is 6.32. The number of ether oxygens (including phenoxy) is 1. The number of likely N-dealkylation sites (N-methyl/N-ethyl adjacent to an activating group) is 1. The third kappa shape index (κ3) is 3.94. The van der Waals surface area contributed by atoms with Gasteiger partial charge in [-0.05, 0) is 50.6 Å². The molecule has 0 aromatic carbocycles. The minimum absolute atomic E-state index is 0.0721. The summed E-state index contributed by atoms with van der Waals surface area (Å²) in [4.78, 5) is 9.31. The fourth-order valence-corrected chi connectivity index (χ4v) is 4.07. The second-order valence-corrected chi connectivity index (χ2v) is 7.44. The summed E-state index contributed by atoms with van der Waals surface area (Å²) >= 11 is 0. The smallest absolute Gasteiger partial charge is 0.117 e. The van der Waals surface area contributed by atoms with Crippen LogP contribution in [-0.4, -0.2) is 53.2 Å². The molecule has 5 nitrogen and oxygen atoms in total. The van der Waals surface area contributed by atoms with Crippen molar-refractivity contribution in [1.82, 2.24) is 14.8 Å². The van der Waals surface area contributed by atoms with Gasteiger partial charge in [-0.1, -0.05) is 6.07 Å². The Bertz CT molecular complexity index is 651. The summed E-state index contributed by atoms with van der Waals surface area (Å²) in [6, 6.07) is 10.6. The fraction of sp³-hybridized carbons (Fsp3) is 0.550. The molecular formula is C20H27N3O2. The molecule has 0 radical (unpaired) electrons. The first-order chi connectivity index (χ1) is 12.2. The fourth-order valence-electron chi connectivity index (χ4n) is 4.07. The Labute approximate surface area is 149 Å². The number of hydrogen-bond acceptors (Lipinski definition) is 5. The minimum atomic E-state index is 0.0721. The summed E-state index contributed by atoms with van der Waals surface area (Å²) < 4.78 is 11.8. The summed E-state index contributed by atoms with van der Waals surface area (Å²) in [6.07, 6.45) is 6.98. The quantitative estimate of drug-likeness (QED) is 0.836. The van der Waals surface area contributed by atoms with Crippen molar-refractivity contribution in [3.63, 3.8) is 0 Å². The van der Waals surface area contributed by atoms with Gasteiger partial charge >= 0.3 is 0 Å². The van der Waals surface area contributed by atoms with Gasteiger partial charge in [-0.15, -0.1) is 0 Å². The van der Waals surface area contributed by atoms with E-state index < -0.39 is 0 Å². The van der Waals surface area contributed by atoms with E-state index in [4.69, 9.17) is 9.15 Å². The summed E-state index contributed by atoms with van der Waals surface area (Å²) in [6.45, 7) is 4.80. The Kier molecular flexibility index (Phi) is 4.88. The van der Waals surface area contributed by atoms with Crippen LogP contribution in [0.2, 0.25) is 0 Å². The maximum Gasteiger partial charge on any atom is 0.117 e. The van der Waals surface area contributed by atoms with E-state index in [1.165, 1.54) is 0 Å². The first-order valence-electron chi connectivity index (χ1n) is 9.21. The number of nitrogens with zero attached hydrogens (tertiary/aromatic N) is 3. The van der Waals surface area contributed by atoms with Crippen LogP contribution in [-0.2, 0) is 17.8 Å². The zero-order valence-electron chi connectivity index (χ0n) is 14.9. The summed E-state index contributed by atoms with van der Waals surface area (Å²) in [5.41, 5.74) is 1.23. The molecule has 134 valence electrons. The molecular weight excluding hydrogens is 314 g/mol. The van der Waals surface area contributed by atoms with Gasteiger partial charge in [0, 0.05) is 31.9 Å². The van der Waals surface area contributed by atoms with Crippen molar-refractivity contribution in [2.24, 2.45) is 0 Å². The molecule has 5 heteroatoms. The van der Waals surface area contributed by atoms with Gasteiger partial charge in [-0.25, -0.2) is 0 Å². The second-order valence-electron chi connectivity index (χ2n) is 7.44. The number of furan rings is 1. The molecule has 0 saturated carbocycles. The van der Waals surface area contributed by atoms with Crippen molar-refractivity contribution in [2.45, 2.75) is 44.0 Å². The number of pyridine rings is 1. The van der Waals surface area contributed by atoms with Crippen molar-refractivity contribution in [3.05, 3.63) is 54.2 Å². The highest BCUT2D eigenvalue weighted by Crippen LogP contribution is 2.37. The van der Waals surface area contributed by atoms with Crippen LogP contribution in [0.1, 0.15) is 30.7 Å². The van der Waals surface area contributed by atoms with Gasteiger partial charge in [0.2, 0.25) is 0 Å². The molecule has 2 fully saturated rings. The van der Waals surface area contributed by atoms with E-state index >= 15 is 0 Å². The van der Waals surface area contributed by atoms with Crippen LogP contribution >= 0.6 is 0 Å². The number of rotatable bonds is 5. The van der Waals surface area contributed by atoms with E-state index in [0.29, 0.717) is 6.04 Å². The van der Waals surface area contributed by atoms with Crippen LogP contribution in [0.4, 0.5) is 0 Å². The largest absolute Gasteiger partial charge is 0.468 e. The molecule has 0 bridgehead atoms. The van der Waals surface area contributed by atoms with E-state index in [9.17, 15) is 0 Å². The molecule has 2 aromatic rings. The summed E-state index contributed by atoms with van der Waals surface area (Å²) in [5.74, 6) is 1.02. The van der Waals surface area contributed by atoms with E-state index in [2.05, 4.69) is 34.0 Å². The highest BCUT2D eigenvalue weighted by atomic mass is 16.5. The molecule has 0 N–H and O–H groups in total. The predicted octanol–water partition coefficient (Wildman–Crippen LogP) is 2.93. The zero-order valence-corrected chi connectivity index (χ0v) is 14.9. The van der Waals surface area contributed by atoms with Crippen LogP contribution in [0.5, 0.6) is 0 Å². The van der Waals surface area contributed by atoms with Gasteiger partial charge in [0.1, 0.15) is 5.76 Å². The highest BCUT2D eigenvalue weighted by molar-refractivity contribution is 5.05. The molecule has 2 aliphatic rings. The van der Waals surface area contributed by atoms with Crippen LogP contribution in [0, 0.1) is 0 Å². The first kappa shape index (κ1) is 16.8. The molecule has 25 heavy (non-hydrogen) atoms. The minimum Gasteiger partial charge on any atom is -0.468 e. The van der Waals surface area contributed by atoms with Crippen molar-refractivity contribution < 1.29 is 9.15 Å². The molecule has 1 spiro atoms. The monoisotopic (exact) mass is 341 g/mol.